The first kappa shape index (κ1) is 14.7. The van der Waals surface area contributed by atoms with Crippen molar-refractivity contribution < 1.29 is 4.79 Å². The third-order valence-electron chi connectivity index (χ3n) is 2.69. The van der Waals surface area contributed by atoms with Gasteiger partial charge in [-0.05, 0) is 26.3 Å². The molecule has 0 saturated heterocycles. The molecule has 4 heteroatoms. The lowest BCUT2D eigenvalue weighted by Crippen LogP contribution is -2.35. The molecule has 0 aliphatic carbocycles. The van der Waals surface area contributed by atoms with Crippen LogP contribution in [0.3, 0.4) is 0 Å². The van der Waals surface area contributed by atoms with Gasteiger partial charge in [0.25, 0.3) is 5.91 Å². The van der Waals surface area contributed by atoms with Crippen molar-refractivity contribution in [3.8, 4) is 12.3 Å². The second-order valence-electron chi connectivity index (χ2n) is 4.53. The fourth-order valence-electron chi connectivity index (χ4n) is 1.77. The Bertz CT molecular complexity index is 457. The Balaban J connectivity index is 2.87. The van der Waals surface area contributed by atoms with Gasteiger partial charge in [0, 0.05) is 12.2 Å². The smallest absolute Gasteiger partial charge is 0.268 e. The average molecular weight is 267 g/mol. The summed E-state index contributed by atoms with van der Waals surface area (Å²) in [6, 6.07) is 1.61. The van der Waals surface area contributed by atoms with E-state index in [1.807, 2.05) is 25.3 Å². The molecule has 0 aliphatic heterocycles. The molecule has 18 heavy (non-hydrogen) atoms. The molecule has 0 fully saturated rings. The van der Waals surface area contributed by atoms with E-state index >= 15 is 0 Å². The molecule has 1 aromatic rings. The summed E-state index contributed by atoms with van der Waals surface area (Å²) in [5.74, 6) is 2.41. The molecule has 1 heterocycles. The first-order valence-electron chi connectivity index (χ1n) is 6.14. The molecule has 98 valence electrons. The van der Waals surface area contributed by atoms with Crippen LogP contribution in [0, 0.1) is 12.3 Å². The minimum atomic E-state index is -0.225. The molecule has 1 N–H and O–H groups in total. The number of terminal acetylenes is 1. The van der Waals surface area contributed by atoms with Crippen molar-refractivity contribution >= 4 is 17.5 Å². The lowest BCUT2D eigenvalue weighted by Gasteiger charge is -2.15. The molecular formula is C14H19ClN2O. The van der Waals surface area contributed by atoms with E-state index in [4.69, 9.17) is 18.0 Å². The van der Waals surface area contributed by atoms with Gasteiger partial charge in [0.1, 0.15) is 5.69 Å². The third-order valence-corrected chi connectivity index (χ3v) is 2.89. The highest BCUT2D eigenvalue weighted by atomic mass is 35.5. The highest BCUT2D eigenvalue weighted by Gasteiger charge is 2.17. The molecule has 1 aromatic heterocycles. The predicted octanol–water partition coefficient (Wildman–Crippen LogP) is 3.25. The number of aromatic nitrogens is 1. The van der Waals surface area contributed by atoms with Crippen LogP contribution in [0.25, 0.3) is 0 Å². The molecular weight excluding hydrogens is 248 g/mol. The van der Waals surface area contributed by atoms with Gasteiger partial charge in [0.05, 0.1) is 11.1 Å². The van der Waals surface area contributed by atoms with E-state index in [2.05, 4.69) is 11.2 Å². The van der Waals surface area contributed by atoms with E-state index in [-0.39, 0.29) is 18.0 Å². The van der Waals surface area contributed by atoms with E-state index in [9.17, 15) is 4.79 Å². The normalized spacial score (nSPS) is 12.2. The third kappa shape index (κ3) is 3.54. The van der Waals surface area contributed by atoms with E-state index in [1.54, 1.807) is 12.3 Å². The van der Waals surface area contributed by atoms with Crippen molar-refractivity contribution in [3.63, 3.8) is 0 Å². The molecule has 1 amide bonds. The number of carbonyl (C=O) groups excluding carboxylic acids is 1. The maximum Gasteiger partial charge on any atom is 0.268 e. The largest absolute Gasteiger partial charge is 0.339 e. The highest BCUT2D eigenvalue weighted by molar-refractivity contribution is 6.31. The number of hydrogen-bond acceptors (Lipinski definition) is 1. The Kier molecular flexibility index (Phi) is 5.30. The Morgan fingerprint density at radius 3 is 2.78 bits per heavy atom. The van der Waals surface area contributed by atoms with Crippen LogP contribution in [0.1, 0.15) is 50.1 Å². The fraction of sp³-hybridized carbons (Fsp3) is 0.500. The van der Waals surface area contributed by atoms with Crippen LogP contribution in [0.2, 0.25) is 5.02 Å². The Morgan fingerprint density at radius 2 is 2.28 bits per heavy atom. The summed E-state index contributed by atoms with van der Waals surface area (Å²) in [7, 11) is 0. The van der Waals surface area contributed by atoms with Crippen LogP contribution < -0.4 is 5.32 Å². The van der Waals surface area contributed by atoms with Crippen molar-refractivity contribution in [1.82, 2.24) is 9.88 Å². The number of hydrogen-bond donors (Lipinski definition) is 1. The topological polar surface area (TPSA) is 34.0 Å². The van der Waals surface area contributed by atoms with Crippen molar-refractivity contribution in [2.45, 2.75) is 45.7 Å². The van der Waals surface area contributed by atoms with Gasteiger partial charge >= 0.3 is 0 Å². The summed E-state index contributed by atoms with van der Waals surface area (Å²) in [5, 5.41) is 3.40. The summed E-state index contributed by atoms with van der Waals surface area (Å²) >= 11 is 5.94. The van der Waals surface area contributed by atoms with Crippen LogP contribution in [-0.4, -0.2) is 16.5 Å². The number of rotatable bonds is 5. The minimum Gasteiger partial charge on any atom is -0.339 e. The van der Waals surface area contributed by atoms with Gasteiger partial charge < -0.3 is 9.88 Å². The van der Waals surface area contributed by atoms with E-state index < -0.39 is 0 Å². The van der Waals surface area contributed by atoms with Crippen molar-refractivity contribution in [2.75, 3.05) is 0 Å². The summed E-state index contributed by atoms with van der Waals surface area (Å²) < 4.78 is 1.84. The van der Waals surface area contributed by atoms with Gasteiger partial charge in [-0.25, -0.2) is 0 Å². The summed E-state index contributed by atoms with van der Waals surface area (Å²) in [6.07, 6.45) is 8.85. The zero-order chi connectivity index (χ0) is 13.7. The molecule has 0 aromatic carbocycles. The van der Waals surface area contributed by atoms with Crippen LogP contribution in [0.5, 0.6) is 0 Å². The maximum absolute atomic E-state index is 12.1. The monoisotopic (exact) mass is 266 g/mol. The second-order valence-corrected chi connectivity index (χ2v) is 4.96. The van der Waals surface area contributed by atoms with Gasteiger partial charge in [0.2, 0.25) is 0 Å². The lowest BCUT2D eigenvalue weighted by molar-refractivity contribution is 0.0933. The van der Waals surface area contributed by atoms with Crippen molar-refractivity contribution in [3.05, 3.63) is 23.0 Å². The molecule has 1 atom stereocenters. The van der Waals surface area contributed by atoms with E-state index in [0.29, 0.717) is 10.7 Å². The zero-order valence-corrected chi connectivity index (χ0v) is 11.8. The average Bonchev–Trinajstić information content (AvgIpc) is 2.71. The van der Waals surface area contributed by atoms with Gasteiger partial charge in [-0.3, -0.25) is 4.79 Å². The number of halogens is 1. The van der Waals surface area contributed by atoms with E-state index in [1.165, 1.54) is 0 Å². The SMILES string of the molecule is C#CC(CCC)NC(=O)c1cc(Cl)cn1C(C)C. The van der Waals surface area contributed by atoms with Crippen molar-refractivity contribution in [1.29, 1.82) is 0 Å². The fourth-order valence-corrected chi connectivity index (χ4v) is 1.98. The number of nitrogens with zero attached hydrogens (tertiary/aromatic N) is 1. The van der Waals surface area contributed by atoms with Crippen LogP contribution in [0.15, 0.2) is 12.3 Å². The summed E-state index contributed by atoms with van der Waals surface area (Å²) in [4.78, 5) is 12.1. The second kappa shape index (κ2) is 6.51. The maximum atomic E-state index is 12.1. The molecule has 0 spiro atoms. The van der Waals surface area contributed by atoms with Crippen LogP contribution in [0.4, 0.5) is 0 Å². The van der Waals surface area contributed by atoms with Gasteiger partial charge in [-0.1, -0.05) is 30.9 Å². The number of nitrogens with one attached hydrogen (secondary N) is 1. The molecule has 1 unspecified atom stereocenters. The Labute approximate surface area is 114 Å². The number of carbonyl (C=O) groups is 1. The van der Waals surface area contributed by atoms with Gasteiger partial charge in [-0.2, -0.15) is 0 Å². The minimum absolute atomic E-state index is 0.174. The highest BCUT2D eigenvalue weighted by Crippen LogP contribution is 2.19. The molecule has 1 rings (SSSR count). The van der Waals surface area contributed by atoms with Crippen LogP contribution >= 0.6 is 11.6 Å². The zero-order valence-electron chi connectivity index (χ0n) is 11.0. The molecule has 0 radical (unpaired) electrons. The first-order valence-corrected chi connectivity index (χ1v) is 6.51. The standard InChI is InChI=1S/C14H19ClN2O/c1-5-7-12(6-2)16-14(18)13-8-11(15)9-17(13)10(3)4/h2,8-10,12H,5,7H2,1,3-4H3,(H,16,18). The molecule has 0 saturated carbocycles. The van der Waals surface area contributed by atoms with Gasteiger partial charge in [0.15, 0.2) is 0 Å². The quantitative estimate of drug-likeness (QED) is 0.816. The Hall–Kier alpha value is -1.40. The predicted molar refractivity (Wildman–Crippen MR) is 74.8 cm³/mol. The molecule has 3 nitrogen and oxygen atoms in total. The first-order chi connectivity index (χ1) is 8.49. The summed E-state index contributed by atoms with van der Waals surface area (Å²) in [5.41, 5.74) is 0.548. The van der Waals surface area contributed by atoms with E-state index in [0.717, 1.165) is 12.8 Å². The Morgan fingerprint density at radius 1 is 1.61 bits per heavy atom. The lowest BCUT2D eigenvalue weighted by atomic mass is 10.2. The summed E-state index contributed by atoms with van der Waals surface area (Å²) in [6.45, 7) is 6.03. The van der Waals surface area contributed by atoms with Crippen LogP contribution in [-0.2, 0) is 0 Å². The van der Waals surface area contributed by atoms with Crippen molar-refractivity contribution in [2.24, 2.45) is 0 Å². The van der Waals surface area contributed by atoms with Gasteiger partial charge in [-0.15, -0.1) is 6.42 Å². The molecule has 0 bridgehead atoms. The number of amides is 1. The molecule has 0 aliphatic rings.